The number of hydrogen-bond acceptors (Lipinski definition) is 3. The molecule has 5 nitrogen and oxygen atoms in total. The molecule has 0 saturated heterocycles. The molecule has 1 N–H and O–H groups in total. The third kappa shape index (κ3) is 3.68. The lowest BCUT2D eigenvalue weighted by Gasteiger charge is -2.09. The van der Waals surface area contributed by atoms with Crippen molar-refractivity contribution in [3.8, 4) is 0 Å². The summed E-state index contributed by atoms with van der Waals surface area (Å²) >= 11 is 6.01. The summed E-state index contributed by atoms with van der Waals surface area (Å²) in [4.78, 5) is 12.5. The highest BCUT2D eigenvalue weighted by Gasteiger charge is 2.09. The Labute approximate surface area is 161 Å². The van der Waals surface area contributed by atoms with Gasteiger partial charge in [-0.15, -0.1) is 5.10 Å². The van der Waals surface area contributed by atoms with E-state index in [1.54, 1.807) is 12.1 Å². The first kappa shape index (κ1) is 17.2. The van der Waals surface area contributed by atoms with Gasteiger partial charge in [0.2, 0.25) is 0 Å². The van der Waals surface area contributed by atoms with Crippen molar-refractivity contribution in [2.45, 2.75) is 13.5 Å². The Morgan fingerprint density at radius 2 is 1.85 bits per heavy atom. The number of aryl methyl sites for hydroxylation is 1. The van der Waals surface area contributed by atoms with E-state index in [2.05, 4.69) is 15.6 Å². The number of hydrogen-bond donors (Lipinski definition) is 1. The largest absolute Gasteiger partial charge is 0.322 e. The molecule has 0 saturated carbocycles. The Bertz CT molecular complexity index is 1120. The first-order valence-electron chi connectivity index (χ1n) is 8.55. The highest BCUT2D eigenvalue weighted by Crippen LogP contribution is 2.21. The lowest BCUT2D eigenvalue weighted by Crippen LogP contribution is -2.13. The second kappa shape index (κ2) is 7.21. The van der Waals surface area contributed by atoms with E-state index in [9.17, 15) is 4.79 Å². The van der Waals surface area contributed by atoms with E-state index in [4.69, 9.17) is 11.6 Å². The van der Waals surface area contributed by atoms with Crippen LogP contribution in [-0.4, -0.2) is 20.9 Å². The van der Waals surface area contributed by atoms with Crippen LogP contribution in [-0.2, 0) is 6.54 Å². The molecule has 6 heteroatoms. The molecule has 0 aliphatic carbocycles. The van der Waals surface area contributed by atoms with Gasteiger partial charge in [-0.3, -0.25) is 4.79 Å². The highest BCUT2D eigenvalue weighted by atomic mass is 35.5. The Morgan fingerprint density at radius 1 is 1.07 bits per heavy atom. The predicted octanol–water partition coefficient (Wildman–Crippen LogP) is 4.69. The van der Waals surface area contributed by atoms with Gasteiger partial charge < -0.3 is 5.32 Å². The maximum Gasteiger partial charge on any atom is 0.255 e. The van der Waals surface area contributed by atoms with Gasteiger partial charge in [-0.05, 0) is 54.4 Å². The van der Waals surface area contributed by atoms with Crippen LogP contribution in [0.2, 0.25) is 5.02 Å². The van der Waals surface area contributed by atoms with Gasteiger partial charge in [0.25, 0.3) is 5.91 Å². The molecule has 0 atom stereocenters. The number of carbonyl (C=O) groups excluding carboxylic acids is 1. The van der Waals surface area contributed by atoms with Gasteiger partial charge in [0.05, 0.1) is 12.1 Å². The zero-order valence-corrected chi connectivity index (χ0v) is 15.4. The molecule has 1 aromatic heterocycles. The molecule has 1 amide bonds. The quantitative estimate of drug-likeness (QED) is 0.562. The second-order valence-corrected chi connectivity index (χ2v) is 6.78. The first-order valence-corrected chi connectivity index (χ1v) is 8.92. The van der Waals surface area contributed by atoms with Gasteiger partial charge in [-0.2, -0.15) is 0 Å². The number of benzene rings is 3. The van der Waals surface area contributed by atoms with Crippen LogP contribution in [0.25, 0.3) is 11.0 Å². The number of carbonyl (C=O) groups is 1. The van der Waals surface area contributed by atoms with Gasteiger partial charge in [0.1, 0.15) is 5.52 Å². The van der Waals surface area contributed by atoms with Crippen LogP contribution in [0.15, 0.2) is 66.7 Å². The summed E-state index contributed by atoms with van der Waals surface area (Å²) in [6.45, 7) is 2.52. The summed E-state index contributed by atoms with van der Waals surface area (Å²) in [5, 5.41) is 11.9. The van der Waals surface area contributed by atoms with Crippen LogP contribution >= 0.6 is 11.6 Å². The molecule has 0 aliphatic rings. The van der Waals surface area contributed by atoms with E-state index in [1.165, 1.54) is 0 Å². The molecule has 0 radical (unpaired) electrons. The zero-order chi connectivity index (χ0) is 18.8. The normalized spacial score (nSPS) is 10.9. The molecule has 0 spiro atoms. The van der Waals surface area contributed by atoms with Gasteiger partial charge in [0, 0.05) is 16.3 Å². The summed E-state index contributed by atoms with van der Waals surface area (Å²) in [5.74, 6) is -0.168. The fourth-order valence-corrected chi connectivity index (χ4v) is 3.06. The summed E-state index contributed by atoms with van der Waals surface area (Å²) in [7, 11) is 0. The van der Waals surface area contributed by atoms with Gasteiger partial charge in [-0.1, -0.05) is 47.1 Å². The smallest absolute Gasteiger partial charge is 0.255 e. The minimum atomic E-state index is -0.168. The Balaban J connectivity index is 1.50. The molecular weight excluding hydrogens is 360 g/mol. The zero-order valence-electron chi connectivity index (χ0n) is 14.7. The van der Waals surface area contributed by atoms with Gasteiger partial charge in [0.15, 0.2) is 0 Å². The molecule has 134 valence electrons. The molecule has 0 aliphatic heterocycles. The second-order valence-electron chi connectivity index (χ2n) is 6.35. The predicted molar refractivity (Wildman–Crippen MR) is 107 cm³/mol. The number of rotatable bonds is 4. The van der Waals surface area contributed by atoms with E-state index in [-0.39, 0.29) is 5.91 Å². The number of para-hydroxylation sites is 1. The van der Waals surface area contributed by atoms with Crippen molar-refractivity contribution in [2.75, 3.05) is 5.32 Å². The molecule has 0 unspecified atom stereocenters. The van der Waals surface area contributed by atoms with Gasteiger partial charge >= 0.3 is 0 Å². The summed E-state index contributed by atoms with van der Waals surface area (Å²) in [5.41, 5.74) is 5.15. The SMILES string of the molecule is Cc1ccc(Cl)cc1NC(=O)c1ccc(Cn2nnc3ccccc32)cc1. The Kier molecular flexibility index (Phi) is 4.60. The average Bonchev–Trinajstić information content (AvgIpc) is 3.08. The van der Waals surface area contributed by atoms with Crippen molar-refractivity contribution >= 4 is 34.2 Å². The van der Waals surface area contributed by atoms with Crippen molar-refractivity contribution in [1.82, 2.24) is 15.0 Å². The van der Waals surface area contributed by atoms with Crippen molar-refractivity contribution in [3.05, 3.63) is 88.4 Å². The summed E-state index contributed by atoms with van der Waals surface area (Å²) < 4.78 is 1.85. The Morgan fingerprint density at radius 3 is 2.67 bits per heavy atom. The number of halogens is 1. The van der Waals surface area contributed by atoms with E-state index >= 15 is 0 Å². The van der Waals surface area contributed by atoms with Crippen molar-refractivity contribution in [3.63, 3.8) is 0 Å². The summed E-state index contributed by atoms with van der Waals surface area (Å²) in [6, 6.07) is 20.7. The highest BCUT2D eigenvalue weighted by molar-refractivity contribution is 6.31. The number of nitrogens with one attached hydrogen (secondary N) is 1. The monoisotopic (exact) mass is 376 g/mol. The van der Waals surface area contributed by atoms with Crippen LogP contribution < -0.4 is 5.32 Å². The topological polar surface area (TPSA) is 59.8 Å². The maximum absolute atomic E-state index is 12.5. The molecule has 1 heterocycles. The molecule has 0 bridgehead atoms. The minimum absolute atomic E-state index is 0.168. The van der Waals surface area contributed by atoms with E-state index in [0.717, 1.165) is 22.2 Å². The minimum Gasteiger partial charge on any atom is -0.322 e. The van der Waals surface area contributed by atoms with Crippen LogP contribution in [0.1, 0.15) is 21.5 Å². The average molecular weight is 377 g/mol. The third-order valence-electron chi connectivity index (χ3n) is 4.42. The molecule has 4 aromatic rings. The number of nitrogens with zero attached hydrogens (tertiary/aromatic N) is 3. The van der Waals surface area contributed by atoms with Crippen LogP contribution in [0, 0.1) is 6.92 Å². The fourth-order valence-electron chi connectivity index (χ4n) is 2.89. The first-order chi connectivity index (χ1) is 13.1. The van der Waals surface area contributed by atoms with Crippen molar-refractivity contribution in [1.29, 1.82) is 0 Å². The van der Waals surface area contributed by atoms with Gasteiger partial charge in [-0.25, -0.2) is 4.68 Å². The molecular formula is C21H17ClN4O. The van der Waals surface area contributed by atoms with Crippen LogP contribution in [0.4, 0.5) is 5.69 Å². The van der Waals surface area contributed by atoms with E-state index in [0.29, 0.717) is 22.8 Å². The van der Waals surface area contributed by atoms with Crippen molar-refractivity contribution < 1.29 is 4.79 Å². The number of aromatic nitrogens is 3. The maximum atomic E-state index is 12.5. The fraction of sp³-hybridized carbons (Fsp3) is 0.0952. The van der Waals surface area contributed by atoms with E-state index in [1.807, 2.05) is 66.2 Å². The molecule has 4 rings (SSSR count). The number of fused-ring (bicyclic) bond motifs is 1. The standard InChI is InChI=1S/C21H17ClN4O/c1-14-6-11-17(22)12-19(14)23-21(27)16-9-7-15(8-10-16)13-26-20-5-3-2-4-18(20)24-25-26/h2-12H,13H2,1H3,(H,23,27). The van der Waals surface area contributed by atoms with Crippen LogP contribution in [0.3, 0.4) is 0 Å². The van der Waals surface area contributed by atoms with E-state index < -0.39 is 0 Å². The third-order valence-corrected chi connectivity index (χ3v) is 4.65. The lowest BCUT2D eigenvalue weighted by molar-refractivity contribution is 0.102. The Hall–Kier alpha value is -3.18. The number of amides is 1. The summed E-state index contributed by atoms with van der Waals surface area (Å²) in [6.07, 6.45) is 0. The lowest BCUT2D eigenvalue weighted by atomic mass is 10.1. The number of anilines is 1. The molecule has 0 fully saturated rings. The van der Waals surface area contributed by atoms with Crippen molar-refractivity contribution in [2.24, 2.45) is 0 Å². The molecule has 3 aromatic carbocycles. The molecule has 27 heavy (non-hydrogen) atoms. The van der Waals surface area contributed by atoms with Crippen LogP contribution in [0.5, 0.6) is 0 Å².